The molecule has 18 nitrogen and oxygen atoms in total. The van der Waals surface area contributed by atoms with Crippen LogP contribution in [-0.2, 0) is 25.7 Å². The average molecular weight is 715 g/mol. The summed E-state index contributed by atoms with van der Waals surface area (Å²) in [5.74, 6) is -2.26. The number of aliphatic imine (C=N–C) groups is 2. The van der Waals surface area contributed by atoms with E-state index in [1.165, 1.54) is 24.3 Å². The molecule has 0 radical (unpaired) electrons. The summed E-state index contributed by atoms with van der Waals surface area (Å²) in [7, 11) is 0. The minimum Gasteiger partial charge on any atom is -0.445 e. The first-order chi connectivity index (χ1) is 21.9. The monoisotopic (exact) mass is 713 g/mol. The molecule has 0 aromatic heterocycles. The van der Waals surface area contributed by atoms with Crippen LogP contribution in [0.5, 0.6) is 0 Å². The van der Waals surface area contributed by atoms with Crippen molar-refractivity contribution in [2.75, 3.05) is 25.0 Å². The summed E-state index contributed by atoms with van der Waals surface area (Å²) in [4.78, 5) is 69.3. The summed E-state index contributed by atoms with van der Waals surface area (Å²) in [5, 5.41) is 21.0. The molecule has 0 aliphatic carbocycles. The van der Waals surface area contributed by atoms with Gasteiger partial charge in [-0.2, -0.15) is 0 Å². The van der Waals surface area contributed by atoms with Crippen LogP contribution in [0.2, 0.25) is 0 Å². The molecule has 0 unspecified atom stereocenters. The molecular formula is C28H41Cl2N11O7. The topological polar surface area (TPSA) is 298 Å². The van der Waals surface area contributed by atoms with Crippen LogP contribution in [0.3, 0.4) is 0 Å². The number of hydrogen-bond acceptors (Lipinski definition) is 9. The van der Waals surface area contributed by atoms with Gasteiger partial charge in [-0.05, 0) is 43.4 Å². The van der Waals surface area contributed by atoms with Crippen molar-refractivity contribution in [2.45, 2.75) is 44.4 Å². The molecule has 0 bridgehead atoms. The summed E-state index contributed by atoms with van der Waals surface area (Å²) in [6.07, 6.45) is 0.0317. The first-order valence-corrected chi connectivity index (χ1v) is 14.1. The molecule has 2 atom stereocenters. The third-order valence-corrected chi connectivity index (χ3v) is 6.13. The van der Waals surface area contributed by atoms with Crippen LogP contribution in [-0.4, -0.2) is 72.4 Å². The number of carbonyl (C=O) groups is 4. The number of carbonyl (C=O) groups excluding carboxylic acids is 4. The molecular weight excluding hydrogens is 673 g/mol. The Morgan fingerprint density at radius 1 is 0.792 bits per heavy atom. The molecule has 2 aromatic carbocycles. The molecule has 0 heterocycles. The van der Waals surface area contributed by atoms with Crippen molar-refractivity contribution in [1.29, 1.82) is 0 Å². The van der Waals surface area contributed by atoms with Gasteiger partial charge >= 0.3 is 6.09 Å². The Morgan fingerprint density at radius 2 is 1.33 bits per heavy atom. The van der Waals surface area contributed by atoms with Crippen molar-refractivity contribution in [1.82, 2.24) is 16.0 Å². The van der Waals surface area contributed by atoms with Gasteiger partial charge in [-0.3, -0.25) is 34.5 Å². The van der Waals surface area contributed by atoms with Gasteiger partial charge < -0.3 is 48.9 Å². The fourth-order valence-electron chi connectivity index (χ4n) is 3.88. The van der Waals surface area contributed by atoms with Crippen molar-refractivity contribution in [3.63, 3.8) is 0 Å². The zero-order chi connectivity index (χ0) is 33.9. The molecule has 0 saturated heterocycles. The third-order valence-electron chi connectivity index (χ3n) is 6.13. The number of nitro groups is 1. The van der Waals surface area contributed by atoms with Crippen LogP contribution >= 0.6 is 24.8 Å². The van der Waals surface area contributed by atoms with E-state index in [4.69, 9.17) is 27.7 Å². The molecule has 0 fully saturated rings. The van der Waals surface area contributed by atoms with Gasteiger partial charge in [-0.25, -0.2) is 4.79 Å². The van der Waals surface area contributed by atoms with E-state index >= 15 is 0 Å². The second kappa shape index (κ2) is 23.0. The number of rotatable bonds is 18. The number of nitrogens with zero attached hydrogens (tertiary/aromatic N) is 3. The van der Waals surface area contributed by atoms with Crippen LogP contribution in [0.4, 0.5) is 16.2 Å². The lowest BCUT2D eigenvalue weighted by Crippen LogP contribution is -2.51. The summed E-state index contributed by atoms with van der Waals surface area (Å²) in [6, 6.07) is 11.9. The van der Waals surface area contributed by atoms with E-state index in [-0.39, 0.29) is 80.6 Å². The number of ether oxygens (including phenoxy) is 1. The van der Waals surface area contributed by atoms with Gasteiger partial charge in [0.05, 0.1) is 11.5 Å². The fourth-order valence-corrected chi connectivity index (χ4v) is 3.88. The number of nitro benzene ring substituents is 1. The number of hydrogen-bond donors (Lipinski definition) is 8. The van der Waals surface area contributed by atoms with E-state index in [9.17, 15) is 29.3 Å². The highest BCUT2D eigenvalue weighted by molar-refractivity contribution is 5.98. The van der Waals surface area contributed by atoms with Crippen molar-refractivity contribution in [2.24, 2.45) is 32.9 Å². The highest BCUT2D eigenvalue weighted by Crippen LogP contribution is 2.16. The fraction of sp³-hybridized carbons (Fsp3) is 0.357. The normalized spacial score (nSPS) is 11.1. The van der Waals surface area contributed by atoms with Crippen LogP contribution < -0.4 is 44.2 Å². The quantitative estimate of drug-likeness (QED) is 0.0343. The lowest BCUT2D eigenvalue weighted by Gasteiger charge is -2.20. The van der Waals surface area contributed by atoms with Gasteiger partial charge in [0.2, 0.25) is 17.7 Å². The smallest absolute Gasteiger partial charge is 0.408 e. The maximum atomic E-state index is 13.0. The Labute approximate surface area is 288 Å². The molecule has 20 heteroatoms. The maximum absolute atomic E-state index is 13.0. The van der Waals surface area contributed by atoms with E-state index < -0.39 is 47.4 Å². The van der Waals surface area contributed by atoms with Crippen molar-refractivity contribution >= 4 is 71.9 Å². The Bertz CT molecular complexity index is 1390. The molecule has 264 valence electrons. The maximum Gasteiger partial charge on any atom is 0.408 e. The number of amides is 4. The molecule has 12 N–H and O–H groups in total. The number of halogens is 2. The number of nitrogens with two attached hydrogens (primary N) is 4. The standard InChI is InChI=1S/C28H39N11O7.2ClH/c29-26(30)33-14-4-8-21(38-28(43)46-17-18-6-2-1-3-7-18)24(41)35-16-23(40)37-22(9-5-15-34-27(31)32)25(42)36-19-10-12-20(13-11-19)39(44)45;;/h1-3,6-7,10-13,21-22H,4-5,8-9,14-17H2,(H,35,41)(H,36,42)(H,37,40)(H,38,43)(H4,29,30,33)(H4,31,32,34);2*1H/t21-,22+;;/m1../s1. The van der Waals surface area contributed by atoms with Crippen LogP contribution in [0.15, 0.2) is 64.6 Å². The van der Waals surface area contributed by atoms with Gasteiger partial charge in [0.1, 0.15) is 18.7 Å². The zero-order valence-corrected chi connectivity index (χ0v) is 27.5. The van der Waals surface area contributed by atoms with Crippen molar-refractivity contribution < 1.29 is 28.8 Å². The lowest BCUT2D eigenvalue weighted by molar-refractivity contribution is -0.384. The number of non-ortho nitro benzene ring substituents is 1. The molecule has 0 spiro atoms. The Balaban J connectivity index is 0.0000110. The largest absolute Gasteiger partial charge is 0.445 e. The van der Waals surface area contributed by atoms with E-state index in [1.54, 1.807) is 24.3 Å². The summed E-state index contributed by atoms with van der Waals surface area (Å²) >= 11 is 0. The number of alkyl carbamates (subject to hydrolysis) is 1. The SMILES string of the molecule is Cl.Cl.NC(N)=NCCC[C@H](NC(=O)CNC(=O)[C@@H](CCCN=C(N)N)NC(=O)OCc1ccccc1)C(=O)Nc1ccc([N+](=O)[O-])cc1. The molecule has 48 heavy (non-hydrogen) atoms. The molecule has 4 amide bonds. The first kappa shape index (κ1) is 42.6. The minimum absolute atomic E-state index is 0. The summed E-state index contributed by atoms with van der Waals surface area (Å²) in [6.45, 7) is -0.175. The Hall–Kier alpha value is -5.36. The second-order valence-corrected chi connectivity index (χ2v) is 9.79. The molecule has 2 aromatic rings. The Kier molecular flexibility index (Phi) is 20.5. The number of guanidine groups is 2. The highest BCUT2D eigenvalue weighted by atomic mass is 35.5. The summed E-state index contributed by atoms with van der Waals surface area (Å²) in [5.41, 5.74) is 22.2. The number of anilines is 1. The third kappa shape index (κ3) is 17.4. The van der Waals surface area contributed by atoms with E-state index in [1.807, 2.05) is 6.07 Å². The van der Waals surface area contributed by atoms with Crippen LogP contribution in [0.1, 0.15) is 31.2 Å². The van der Waals surface area contributed by atoms with E-state index in [2.05, 4.69) is 31.3 Å². The van der Waals surface area contributed by atoms with E-state index in [0.29, 0.717) is 12.8 Å². The molecule has 0 aliphatic rings. The van der Waals surface area contributed by atoms with Gasteiger partial charge in [-0.1, -0.05) is 30.3 Å². The predicted molar refractivity (Wildman–Crippen MR) is 185 cm³/mol. The van der Waals surface area contributed by atoms with Gasteiger partial charge in [0.15, 0.2) is 11.9 Å². The second-order valence-electron chi connectivity index (χ2n) is 9.79. The minimum atomic E-state index is -1.09. The van der Waals surface area contributed by atoms with Gasteiger partial charge in [0.25, 0.3) is 5.69 Å². The van der Waals surface area contributed by atoms with Gasteiger partial charge in [0, 0.05) is 30.9 Å². The number of benzene rings is 2. The van der Waals surface area contributed by atoms with Crippen LogP contribution in [0, 0.1) is 10.1 Å². The zero-order valence-electron chi connectivity index (χ0n) is 25.8. The molecule has 0 aliphatic heterocycles. The molecule has 0 saturated carbocycles. The Morgan fingerprint density at radius 3 is 1.85 bits per heavy atom. The van der Waals surface area contributed by atoms with E-state index in [0.717, 1.165) is 5.56 Å². The first-order valence-electron chi connectivity index (χ1n) is 14.1. The molecule has 2 rings (SSSR count). The van der Waals surface area contributed by atoms with Crippen LogP contribution in [0.25, 0.3) is 0 Å². The lowest BCUT2D eigenvalue weighted by atomic mass is 10.1. The predicted octanol–water partition coefficient (Wildman–Crippen LogP) is 0.380. The van der Waals surface area contributed by atoms with Crippen molar-refractivity contribution in [3.05, 3.63) is 70.3 Å². The number of nitrogens with one attached hydrogen (secondary N) is 4. The van der Waals surface area contributed by atoms with Gasteiger partial charge in [-0.15, -0.1) is 24.8 Å². The summed E-state index contributed by atoms with van der Waals surface area (Å²) < 4.78 is 5.21. The van der Waals surface area contributed by atoms with Crippen molar-refractivity contribution in [3.8, 4) is 0 Å². The highest BCUT2D eigenvalue weighted by Gasteiger charge is 2.24. The average Bonchev–Trinajstić information content (AvgIpc) is 3.02.